The number of carbonyl (C=O) groups is 1. The third-order valence-electron chi connectivity index (χ3n) is 4.80. The number of anilines is 1. The molecule has 1 aliphatic heterocycles. The number of sulfonamides is 1. The number of hydrogen-bond donors (Lipinski definition) is 0. The van der Waals surface area contributed by atoms with E-state index in [-0.39, 0.29) is 5.91 Å². The van der Waals surface area contributed by atoms with Gasteiger partial charge in [-0.1, -0.05) is 19.1 Å². The predicted molar refractivity (Wildman–Crippen MR) is 102 cm³/mol. The summed E-state index contributed by atoms with van der Waals surface area (Å²) in [4.78, 5) is 14.3. The molecule has 1 fully saturated rings. The average molecular weight is 367 g/mol. The monoisotopic (exact) mass is 366 g/mol. The van der Waals surface area contributed by atoms with Crippen LogP contribution in [0.25, 0.3) is 0 Å². The van der Waals surface area contributed by atoms with Crippen molar-refractivity contribution in [3.63, 3.8) is 0 Å². The highest BCUT2D eigenvalue weighted by molar-refractivity contribution is 7.92. The van der Waals surface area contributed by atoms with Gasteiger partial charge in [-0.2, -0.15) is 0 Å². The van der Waals surface area contributed by atoms with Crippen molar-refractivity contribution in [3.05, 3.63) is 29.3 Å². The van der Waals surface area contributed by atoms with Crippen LogP contribution in [-0.2, 0) is 14.8 Å². The first-order chi connectivity index (χ1) is 11.7. The highest BCUT2D eigenvalue weighted by Crippen LogP contribution is 2.24. The number of nitrogens with zero attached hydrogens (tertiary/aromatic N) is 2. The van der Waals surface area contributed by atoms with Crippen LogP contribution in [0.3, 0.4) is 0 Å². The molecule has 1 atom stereocenters. The van der Waals surface area contributed by atoms with Crippen molar-refractivity contribution in [2.75, 3.05) is 30.2 Å². The topological polar surface area (TPSA) is 57.7 Å². The Morgan fingerprint density at radius 2 is 2.04 bits per heavy atom. The summed E-state index contributed by atoms with van der Waals surface area (Å²) in [5.74, 6) is 0.695. The predicted octanol–water partition coefficient (Wildman–Crippen LogP) is 3.11. The first-order valence-corrected chi connectivity index (χ1v) is 10.9. The molecular formula is C19H30N2O3S. The van der Waals surface area contributed by atoms with Crippen LogP contribution in [-0.4, -0.2) is 45.1 Å². The smallest absolute Gasteiger partial charge is 0.232 e. The van der Waals surface area contributed by atoms with Crippen LogP contribution in [0, 0.1) is 19.8 Å². The van der Waals surface area contributed by atoms with Gasteiger partial charge in [0.05, 0.1) is 11.9 Å². The number of benzene rings is 1. The first-order valence-electron chi connectivity index (χ1n) is 9.01. The van der Waals surface area contributed by atoms with E-state index in [1.54, 1.807) is 0 Å². The van der Waals surface area contributed by atoms with E-state index in [1.165, 1.54) is 17.0 Å². The van der Waals surface area contributed by atoms with Gasteiger partial charge in [-0.3, -0.25) is 9.10 Å². The number of piperidine rings is 1. The number of carbonyl (C=O) groups excluding carboxylic acids is 1. The van der Waals surface area contributed by atoms with Crippen molar-refractivity contribution in [2.45, 2.75) is 46.5 Å². The summed E-state index contributed by atoms with van der Waals surface area (Å²) in [6.45, 7) is 8.02. The number of likely N-dealkylation sites (tertiary alicyclic amines) is 1. The molecule has 140 valence electrons. The number of rotatable bonds is 6. The molecule has 5 nitrogen and oxygen atoms in total. The fourth-order valence-electron chi connectivity index (χ4n) is 3.40. The first kappa shape index (κ1) is 19.8. The summed E-state index contributed by atoms with van der Waals surface area (Å²) in [6, 6.07) is 5.80. The fourth-order valence-corrected chi connectivity index (χ4v) is 4.42. The zero-order valence-corrected chi connectivity index (χ0v) is 16.6. The second kappa shape index (κ2) is 8.21. The maximum absolute atomic E-state index is 12.4. The van der Waals surface area contributed by atoms with Crippen LogP contribution in [0.2, 0.25) is 0 Å². The molecule has 0 saturated carbocycles. The summed E-state index contributed by atoms with van der Waals surface area (Å²) in [7, 11) is -3.38. The Labute approximate surface area is 152 Å². The third kappa shape index (κ3) is 5.46. The second-order valence-corrected chi connectivity index (χ2v) is 9.22. The Balaban J connectivity index is 2.02. The maximum Gasteiger partial charge on any atom is 0.232 e. The Morgan fingerprint density at radius 3 is 2.68 bits per heavy atom. The van der Waals surface area contributed by atoms with Crippen molar-refractivity contribution >= 4 is 21.6 Å². The van der Waals surface area contributed by atoms with Crippen molar-refractivity contribution in [1.29, 1.82) is 0 Å². The van der Waals surface area contributed by atoms with E-state index in [0.717, 1.165) is 30.6 Å². The minimum Gasteiger partial charge on any atom is -0.342 e. The summed E-state index contributed by atoms with van der Waals surface area (Å²) in [5.41, 5.74) is 2.65. The second-order valence-electron chi connectivity index (χ2n) is 7.32. The van der Waals surface area contributed by atoms with Gasteiger partial charge < -0.3 is 4.90 Å². The van der Waals surface area contributed by atoms with Crippen molar-refractivity contribution in [1.82, 2.24) is 4.90 Å². The molecule has 1 aromatic rings. The zero-order chi connectivity index (χ0) is 18.6. The molecular weight excluding hydrogens is 336 g/mol. The van der Waals surface area contributed by atoms with Gasteiger partial charge in [-0.15, -0.1) is 0 Å². The maximum atomic E-state index is 12.4. The normalized spacial score (nSPS) is 18.2. The lowest BCUT2D eigenvalue weighted by molar-refractivity contribution is -0.132. The van der Waals surface area contributed by atoms with E-state index >= 15 is 0 Å². The number of hydrogen-bond acceptors (Lipinski definition) is 3. The number of aryl methyl sites for hydroxylation is 2. The van der Waals surface area contributed by atoms with E-state index in [9.17, 15) is 13.2 Å². The van der Waals surface area contributed by atoms with Crippen LogP contribution >= 0.6 is 0 Å². The highest BCUT2D eigenvalue weighted by atomic mass is 32.2. The zero-order valence-electron chi connectivity index (χ0n) is 15.8. The molecule has 6 heteroatoms. The molecule has 2 rings (SSSR count). The molecule has 0 N–H and O–H groups in total. The van der Waals surface area contributed by atoms with Gasteiger partial charge in [0.2, 0.25) is 15.9 Å². The molecule has 0 bridgehead atoms. The van der Waals surface area contributed by atoms with Crippen molar-refractivity contribution < 1.29 is 13.2 Å². The Morgan fingerprint density at radius 1 is 1.32 bits per heavy atom. The highest BCUT2D eigenvalue weighted by Gasteiger charge is 2.23. The molecule has 1 aromatic carbocycles. The molecule has 25 heavy (non-hydrogen) atoms. The fraction of sp³-hybridized carbons (Fsp3) is 0.632. The lowest BCUT2D eigenvalue weighted by Gasteiger charge is -2.31. The van der Waals surface area contributed by atoms with Crippen LogP contribution in [0.4, 0.5) is 5.69 Å². The molecule has 0 radical (unpaired) electrons. The van der Waals surface area contributed by atoms with Gasteiger partial charge in [0.25, 0.3) is 0 Å². The molecule has 1 amide bonds. The SMILES string of the molecule is Cc1ccc(C)c(N(CCCC(=O)N2CCCC(C)C2)S(C)(=O)=O)c1. The van der Waals surface area contributed by atoms with Gasteiger partial charge in [0.1, 0.15) is 0 Å². The van der Waals surface area contributed by atoms with E-state index in [1.807, 2.05) is 36.9 Å². The largest absolute Gasteiger partial charge is 0.342 e. The van der Waals surface area contributed by atoms with E-state index in [2.05, 4.69) is 6.92 Å². The Kier molecular flexibility index (Phi) is 6.49. The van der Waals surface area contributed by atoms with E-state index in [4.69, 9.17) is 0 Å². The summed E-state index contributed by atoms with van der Waals surface area (Å²) in [6.07, 6.45) is 4.39. The van der Waals surface area contributed by atoms with Crippen LogP contribution in [0.5, 0.6) is 0 Å². The summed E-state index contributed by atoms with van der Waals surface area (Å²) in [5, 5.41) is 0. The van der Waals surface area contributed by atoms with Crippen molar-refractivity contribution in [2.24, 2.45) is 5.92 Å². The molecule has 1 aliphatic rings. The molecule has 1 unspecified atom stereocenters. The Hall–Kier alpha value is -1.56. The van der Waals surface area contributed by atoms with Gasteiger partial charge in [-0.05, 0) is 56.2 Å². The van der Waals surface area contributed by atoms with Crippen LogP contribution < -0.4 is 4.31 Å². The quantitative estimate of drug-likeness (QED) is 0.777. The molecule has 1 heterocycles. The van der Waals surface area contributed by atoms with E-state index < -0.39 is 10.0 Å². The molecule has 1 saturated heterocycles. The third-order valence-corrected chi connectivity index (χ3v) is 5.98. The van der Waals surface area contributed by atoms with Gasteiger partial charge in [0, 0.05) is 26.1 Å². The lowest BCUT2D eigenvalue weighted by atomic mass is 10.00. The van der Waals surface area contributed by atoms with Crippen molar-refractivity contribution in [3.8, 4) is 0 Å². The van der Waals surface area contributed by atoms with Gasteiger partial charge >= 0.3 is 0 Å². The van der Waals surface area contributed by atoms with E-state index in [0.29, 0.717) is 31.0 Å². The standard InChI is InChI=1S/C19H30N2O3S/c1-15-9-10-17(3)18(13-15)21(25(4,23)24)12-6-8-19(22)20-11-5-7-16(2)14-20/h9-10,13,16H,5-8,11-12,14H2,1-4H3. The lowest BCUT2D eigenvalue weighted by Crippen LogP contribution is -2.39. The van der Waals surface area contributed by atoms with Gasteiger partial charge in [-0.25, -0.2) is 8.42 Å². The van der Waals surface area contributed by atoms with Gasteiger partial charge in [0.15, 0.2) is 0 Å². The minimum atomic E-state index is -3.38. The average Bonchev–Trinajstić information content (AvgIpc) is 2.53. The molecule has 0 aliphatic carbocycles. The minimum absolute atomic E-state index is 0.140. The van der Waals surface area contributed by atoms with Crippen LogP contribution in [0.15, 0.2) is 18.2 Å². The van der Waals surface area contributed by atoms with Crippen LogP contribution in [0.1, 0.15) is 43.7 Å². The molecule has 0 spiro atoms. The Bertz CT molecular complexity index is 715. The molecule has 0 aromatic heterocycles. The number of amides is 1. The summed E-state index contributed by atoms with van der Waals surface area (Å²) < 4.78 is 25.9. The summed E-state index contributed by atoms with van der Waals surface area (Å²) >= 11 is 0.